The van der Waals surface area contributed by atoms with E-state index in [4.69, 9.17) is 4.74 Å². The van der Waals surface area contributed by atoms with E-state index in [1.54, 1.807) is 0 Å². The van der Waals surface area contributed by atoms with E-state index in [1.165, 1.54) is 5.56 Å². The number of amides is 1. The number of aromatic nitrogens is 2. The first-order valence-electron chi connectivity index (χ1n) is 7.72. The second-order valence-electron chi connectivity index (χ2n) is 7.02. The summed E-state index contributed by atoms with van der Waals surface area (Å²) >= 11 is 0. The molecule has 118 valence electrons. The number of carbonyl (C=O) groups excluding carboxylic acids is 1. The van der Waals surface area contributed by atoms with Crippen LogP contribution in [0.4, 0.5) is 4.79 Å². The number of aromatic amines is 1. The Bertz CT molecular complexity index is 497. The van der Waals surface area contributed by atoms with Crippen LogP contribution < -0.4 is 0 Å². The Morgan fingerprint density at radius 1 is 1.43 bits per heavy atom. The lowest BCUT2D eigenvalue weighted by Crippen LogP contribution is -2.42. The van der Waals surface area contributed by atoms with Gasteiger partial charge in [-0.15, -0.1) is 0 Å². The van der Waals surface area contributed by atoms with Crippen LogP contribution >= 0.6 is 0 Å². The molecule has 1 fully saturated rings. The van der Waals surface area contributed by atoms with Crippen molar-refractivity contribution in [2.75, 3.05) is 6.54 Å². The maximum atomic E-state index is 12.4. The van der Waals surface area contributed by atoms with Crippen LogP contribution in [0.15, 0.2) is 0 Å². The summed E-state index contributed by atoms with van der Waals surface area (Å²) in [6.07, 6.45) is 1.85. The van der Waals surface area contributed by atoms with Gasteiger partial charge in [0.25, 0.3) is 0 Å². The molecular weight excluding hydrogens is 266 g/mol. The van der Waals surface area contributed by atoms with Gasteiger partial charge in [-0.25, -0.2) is 4.79 Å². The van der Waals surface area contributed by atoms with Crippen LogP contribution in [0.1, 0.15) is 63.4 Å². The molecule has 1 aliphatic heterocycles. The Labute approximate surface area is 127 Å². The Kier molecular flexibility index (Phi) is 4.30. The number of likely N-dealkylation sites (tertiary alicyclic amines) is 1. The van der Waals surface area contributed by atoms with Gasteiger partial charge >= 0.3 is 6.09 Å². The Morgan fingerprint density at radius 3 is 2.62 bits per heavy atom. The van der Waals surface area contributed by atoms with E-state index in [0.717, 1.165) is 30.8 Å². The molecule has 1 N–H and O–H groups in total. The molecule has 1 amide bonds. The summed E-state index contributed by atoms with van der Waals surface area (Å²) in [5.41, 5.74) is 2.90. The maximum absolute atomic E-state index is 12.4. The van der Waals surface area contributed by atoms with E-state index < -0.39 is 5.60 Å². The third-order valence-electron chi connectivity index (χ3n) is 4.14. The van der Waals surface area contributed by atoms with Crippen molar-refractivity contribution in [2.24, 2.45) is 0 Å². The quantitative estimate of drug-likeness (QED) is 0.907. The van der Waals surface area contributed by atoms with Crippen molar-refractivity contribution >= 4 is 6.09 Å². The third kappa shape index (κ3) is 3.39. The molecule has 0 aliphatic carbocycles. The average molecular weight is 293 g/mol. The van der Waals surface area contributed by atoms with E-state index in [9.17, 15) is 4.79 Å². The molecule has 1 aliphatic rings. The third-order valence-corrected chi connectivity index (χ3v) is 4.14. The van der Waals surface area contributed by atoms with Crippen molar-refractivity contribution in [1.29, 1.82) is 0 Å². The molecule has 0 radical (unpaired) electrons. The van der Waals surface area contributed by atoms with Gasteiger partial charge in [0.2, 0.25) is 0 Å². The van der Waals surface area contributed by atoms with Crippen LogP contribution in [0.2, 0.25) is 0 Å². The van der Waals surface area contributed by atoms with Crippen LogP contribution in [-0.2, 0) is 4.74 Å². The van der Waals surface area contributed by atoms with Crippen molar-refractivity contribution < 1.29 is 9.53 Å². The fourth-order valence-electron chi connectivity index (χ4n) is 3.28. The van der Waals surface area contributed by atoms with Gasteiger partial charge in [0.1, 0.15) is 5.60 Å². The molecule has 21 heavy (non-hydrogen) atoms. The SMILES string of the molecule is Cc1n[nH]c(C)c1C(C)C1CCCN1C(=O)OC(C)(C)C. The molecule has 0 aromatic carbocycles. The Balaban J connectivity index is 2.17. The number of ether oxygens (including phenoxy) is 1. The van der Waals surface area contributed by atoms with Crippen LogP contribution in [-0.4, -0.2) is 39.4 Å². The number of hydrogen-bond acceptors (Lipinski definition) is 3. The van der Waals surface area contributed by atoms with Gasteiger partial charge in [0.05, 0.1) is 5.69 Å². The maximum Gasteiger partial charge on any atom is 0.410 e. The number of aryl methyl sites for hydroxylation is 2. The molecule has 2 heterocycles. The summed E-state index contributed by atoms with van der Waals surface area (Å²) < 4.78 is 5.54. The van der Waals surface area contributed by atoms with Crippen LogP contribution in [0.25, 0.3) is 0 Å². The highest BCUT2D eigenvalue weighted by molar-refractivity contribution is 5.69. The zero-order valence-corrected chi connectivity index (χ0v) is 14.0. The molecule has 1 saturated heterocycles. The van der Waals surface area contributed by atoms with Crippen molar-refractivity contribution in [1.82, 2.24) is 15.1 Å². The largest absolute Gasteiger partial charge is 0.444 e. The van der Waals surface area contributed by atoms with Crippen LogP contribution in [0.3, 0.4) is 0 Å². The van der Waals surface area contributed by atoms with E-state index in [0.29, 0.717) is 0 Å². The van der Waals surface area contributed by atoms with Gasteiger partial charge in [0, 0.05) is 29.8 Å². The fourth-order valence-corrected chi connectivity index (χ4v) is 3.28. The lowest BCUT2D eigenvalue weighted by molar-refractivity contribution is 0.0209. The van der Waals surface area contributed by atoms with Crippen molar-refractivity contribution in [3.05, 3.63) is 17.0 Å². The summed E-state index contributed by atoms with van der Waals surface area (Å²) in [7, 11) is 0. The fraction of sp³-hybridized carbons (Fsp3) is 0.750. The van der Waals surface area contributed by atoms with Crippen LogP contribution in [0, 0.1) is 13.8 Å². The normalized spacial score (nSPS) is 20.7. The van der Waals surface area contributed by atoms with Crippen molar-refractivity contribution in [3.63, 3.8) is 0 Å². The minimum Gasteiger partial charge on any atom is -0.444 e. The van der Waals surface area contributed by atoms with Crippen molar-refractivity contribution in [2.45, 2.75) is 71.9 Å². The molecule has 2 atom stereocenters. The van der Waals surface area contributed by atoms with Gasteiger partial charge in [0.15, 0.2) is 0 Å². The van der Waals surface area contributed by atoms with Gasteiger partial charge in [-0.2, -0.15) is 5.10 Å². The smallest absolute Gasteiger partial charge is 0.410 e. The second-order valence-corrected chi connectivity index (χ2v) is 7.02. The predicted molar refractivity (Wildman–Crippen MR) is 82.4 cm³/mol. The highest BCUT2D eigenvalue weighted by Crippen LogP contribution is 2.34. The number of H-pyrrole nitrogens is 1. The van der Waals surface area contributed by atoms with E-state index in [-0.39, 0.29) is 18.1 Å². The van der Waals surface area contributed by atoms with Crippen LogP contribution in [0.5, 0.6) is 0 Å². The minimum absolute atomic E-state index is 0.190. The topological polar surface area (TPSA) is 58.2 Å². The van der Waals surface area contributed by atoms with Crippen molar-refractivity contribution in [3.8, 4) is 0 Å². The predicted octanol–water partition coefficient (Wildman–Crippen LogP) is 3.53. The molecule has 2 unspecified atom stereocenters. The first-order chi connectivity index (χ1) is 9.70. The van der Waals surface area contributed by atoms with Gasteiger partial charge in [-0.3, -0.25) is 5.10 Å². The molecule has 1 aromatic rings. The number of carbonyl (C=O) groups is 1. The standard InChI is InChI=1S/C16H27N3O2/c1-10(14-11(2)17-18-12(14)3)13-8-7-9-19(13)15(20)21-16(4,5)6/h10,13H,7-9H2,1-6H3,(H,17,18). The first kappa shape index (κ1) is 15.9. The molecule has 0 bridgehead atoms. The summed E-state index contributed by atoms with van der Waals surface area (Å²) in [6, 6.07) is 0.190. The number of rotatable bonds is 2. The van der Waals surface area contributed by atoms with E-state index in [2.05, 4.69) is 17.1 Å². The summed E-state index contributed by atoms with van der Waals surface area (Å²) in [5, 5.41) is 7.32. The summed E-state index contributed by atoms with van der Waals surface area (Å²) in [5.74, 6) is 0.263. The zero-order valence-electron chi connectivity index (χ0n) is 14.0. The first-order valence-corrected chi connectivity index (χ1v) is 7.72. The molecule has 2 rings (SSSR count). The summed E-state index contributed by atoms with van der Waals surface area (Å²) in [4.78, 5) is 14.3. The molecule has 0 saturated carbocycles. The highest BCUT2D eigenvalue weighted by atomic mass is 16.6. The van der Waals surface area contributed by atoms with E-state index >= 15 is 0 Å². The number of nitrogens with zero attached hydrogens (tertiary/aromatic N) is 2. The Hall–Kier alpha value is -1.52. The van der Waals surface area contributed by atoms with E-state index in [1.807, 2.05) is 39.5 Å². The van der Waals surface area contributed by atoms with Gasteiger partial charge in [-0.1, -0.05) is 6.92 Å². The lowest BCUT2D eigenvalue weighted by Gasteiger charge is -2.32. The molecule has 1 aromatic heterocycles. The summed E-state index contributed by atoms with van der Waals surface area (Å²) in [6.45, 7) is 12.7. The highest BCUT2D eigenvalue weighted by Gasteiger charge is 2.37. The number of hydrogen-bond donors (Lipinski definition) is 1. The molecular formula is C16H27N3O2. The minimum atomic E-state index is -0.449. The van der Waals surface area contributed by atoms with Gasteiger partial charge in [-0.05, 0) is 47.5 Å². The zero-order chi connectivity index (χ0) is 15.8. The second kappa shape index (κ2) is 5.70. The number of nitrogens with one attached hydrogen (secondary N) is 1. The monoisotopic (exact) mass is 293 g/mol. The molecule has 5 heteroatoms. The Morgan fingerprint density at radius 2 is 2.10 bits per heavy atom. The van der Waals surface area contributed by atoms with Gasteiger partial charge < -0.3 is 9.64 Å². The lowest BCUT2D eigenvalue weighted by atomic mass is 9.90. The molecule has 5 nitrogen and oxygen atoms in total. The average Bonchev–Trinajstić information content (AvgIpc) is 2.94. The molecule has 0 spiro atoms.